The molecule has 0 aliphatic heterocycles. The highest BCUT2D eigenvalue weighted by atomic mass is 32.2. The van der Waals surface area contributed by atoms with Crippen molar-refractivity contribution < 1.29 is 30.5 Å². The highest BCUT2D eigenvalue weighted by Gasteiger charge is 2.73. The Bertz CT molecular complexity index is 519. The molecule has 5 atom stereocenters. The van der Waals surface area contributed by atoms with Crippen molar-refractivity contribution in [1.82, 2.24) is 0 Å². The Labute approximate surface area is 114 Å². The quantitative estimate of drug-likeness (QED) is 0.643. The lowest BCUT2D eigenvalue weighted by Gasteiger charge is -2.38. The zero-order valence-corrected chi connectivity index (χ0v) is 11.4. The second-order valence-corrected chi connectivity index (χ2v) is 7.84. The first-order valence-electron chi connectivity index (χ1n) is 6.80. The Morgan fingerprint density at radius 3 is 2.15 bits per heavy atom. The molecule has 3 aliphatic carbocycles. The molecule has 0 spiro atoms. The SMILES string of the molecule is O=S(=O)(O)C(F)(F)C(F)(F)C1CC2CC1C1CCCC21. The van der Waals surface area contributed by atoms with E-state index in [0.29, 0.717) is 12.3 Å². The van der Waals surface area contributed by atoms with E-state index >= 15 is 0 Å². The first-order valence-corrected chi connectivity index (χ1v) is 8.24. The predicted octanol–water partition coefficient (Wildman–Crippen LogP) is 3.17. The van der Waals surface area contributed by atoms with Gasteiger partial charge in [-0.2, -0.15) is 26.0 Å². The van der Waals surface area contributed by atoms with E-state index in [1.807, 2.05) is 0 Å². The second-order valence-electron chi connectivity index (χ2n) is 6.38. The average molecular weight is 316 g/mol. The van der Waals surface area contributed by atoms with Crippen molar-refractivity contribution in [1.29, 1.82) is 0 Å². The third kappa shape index (κ3) is 1.70. The van der Waals surface area contributed by atoms with Crippen molar-refractivity contribution in [3.63, 3.8) is 0 Å². The first kappa shape index (κ1) is 14.6. The molecule has 3 rings (SSSR count). The van der Waals surface area contributed by atoms with Crippen LogP contribution < -0.4 is 0 Å². The molecular formula is C12H16F4O3S. The number of fused-ring (bicyclic) bond motifs is 5. The third-order valence-corrected chi connectivity index (χ3v) is 6.53. The number of alkyl halides is 4. The van der Waals surface area contributed by atoms with E-state index in [0.717, 1.165) is 19.3 Å². The molecular weight excluding hydrogens is 300 g/mol. The van der Waals surface area contributed by atoms with Crippen LogP contribution in [0.25, 0.3) is 0 Å². The monoisotopic (exact) mass is 316 g/mol. The van der Waals surface area contributed by atoms with Crippen molar-refractivity contribution in [2.45, 2.75) is 43.3 Å². The molecule has 0 amide bonds. The lowest BCUT2D eigenvalue weighted by Crippen LogP contribution is -2.53. The van der Waals surface area contributed by atoms with Crippen LogP contribution in [-0.2, 0) is 10.1 Å². The number of hydrogen-bond donors (Lipinski definition) is 1. The van der Waals surface area contributed by atoms with Crippen LogP contribution in [0.5, 0.6) is 0 Å². The van der Waals surface area contributed by atoms with E-state index in [1.165, 1.54) is 0 Å². The molecule has 0 radical (unpaired) electrons. The largest absolute Gasteiger partial charge is 0.431 e. The Hall–Kier alpha value is -0.370. The molecule has 1 N–H and O–H groups in total. The van der Waals surface area contributed by atoms with Crippen LogP contribution in [0.2, 0.25) is 0 Å². The second kappa shape index (κ2) is 4.09. The fourth-order valence-corrected chi connectivity index (χ4v) is 5.37. The molecule has 2 bridgehead atoms. The highest BCUT2D eigenvalue weighted by molar-refractivity contribution is 7.87. The summed E-state index contributed by atoms with van der Waals surface area (Å²) in [5, 5.41) is -5.41. The lowest BCUT2D eigenvalue weighted by molar-refractivity contribution is -0.207. The van der Waals surface area contributed by atoms with Crippen molar-refractivity contribution in [2.75, 3.05) is 0 Å². The van der Waals surface area contributed by atoms with Crippen molar-refractivity contribution in [2.24, 2.45) is 29.6 Å². The van der Waals surface area contributed by atoms with Crippen LogP contribution in [0.15, 0.2) is 0 Å². The molecule has 20 heavy (non-hydrogen) atoms. The van der Waals surface area contributed by atoms with Gasteiger partial charge in [0.25, 0.3) is 0 Å². The van der Waals surface area contributed by atoms with Gasteiger partial charge in [0.05, 0.1) is 0 Å². The van der Waals surface area contributed by atoms with Crippen molar-refractivity contribution >= 4 is 10.1 Å². The molecule has 8 heteroatoms. The van der Waals surface area contributed by atoms with E-state index < -0.39 is 33.1 Å². The number of hydrogen-bond acceptors (Lipinski definition) is 2. The summed E-state index contributed by atoms with van der Waals surface area (Å²) in [6.07, 6.45) is 3.06. The zero-order valence-electron chi connectivity index (χ0n) is 10.6. The molecule has 0 heterocycles. The first-order chi connectivity index (χ1) is 9.07. The summed E-state index contributed by atoms with van der Waals surface area (Å²) in [7, 11) is -6.12. The molecule has 0 saturated heterocycles. The average Bonchev–Trinajstić information content (AvgIpc) is 2.99. The Kier molecular flexibility index (Phi) is 2.98. The summed E-state index contributed by atoms with van der Waals surface area (Å²) in [6, 6.07) is 0. The fourth-order valence-electron chi connectivity index (χ4n) is 4.87. The standard InChI is InChI=1S/C12H16F4O3S/c13-11(14,12(15,16)20(17,18)19)10-5-6-4-9(10)8-3-1-2-7(6)8/h6-10H,1-5H2,(H,17,18,19). The maximum absolute atomic E-state index is 14.0. The summed E-state index contributed by atoms with van der Waals surface area (Å²) >= 11 is 0. The van der Waals surface area contributed by atoms with Gasteiger partial charge in [-0.1, -0.05) is 6.42 Å². The van der Waals surface area contributed by atoms with Crippen LogP contribution in [-0.4, -0.2) is 24.1 Å². The predicted molar refractivity (Wildman–Crippen MR) is 62.0 cm³/mol. The van der Waals surface area contributed by atoms with Gasteiger partial charge in [-0.15, -0.1) is 0 Å². The van der Waals surface area contributed by atoms with E-state index in [2.05, 4.69) is 0 Å². The Morgan fingerprint density at radius 1 is 0.950 bits per heavy atom. The van der Waals surface area contributed by atoms with Gasteiger partial charge in [0.2, 0.25) is 0 Å². The van der Waals surface area contributed by atoms with Gasteiger partial charge in [-0.05, 0) is 49.4 Å². The summed E-state index contributed by atoms with van der Waals surface area (Å²) in [5.41, 5.74) is 0. The van der Waals surface area contributed by atoms with Gasteiger partial charge in [0, 0.05) is 5.92 Å². The molecule has 5 unspecified atom stereocenters. The summed E-state index contributed by atoms with van der Waals surface area (Å²) in [4.78, 5) is 0. The van der Waals surface area contributed by atoms with Crippen molar-refractivity contribution in [3.8, 4) is 0 Å². The molecule has 0 aromatic rings. The Morgan fingerprint density at radius 2 is 1.55 bits per heavy atom. The van der Waals surface area contributed by atoms with E-state index in [9.17, 15) is 26.0 Å². The lowest BCUT2D eigenvalue weighted by atomic mass is 9.73. The van der Waals surface area contributed by atoms with Gasteiger partial charge >= 0.3 is 21.3 Å². The van der Waals surface area contributed by atoms with E-state index in [4.69, 9.17) is 4.55 Å². The van der Waals surface area contributed by atoms with Gasteiger partial charge in [0.15, 0.2) is 0 Å². The van der Waals surface area contributed by atoms with Crippen LogP contribution in [0.4, 0.5) is 17.6 Å². The van der Waals surface area contributed by atoms with Gasteiger partial charge in [-0.3, -0.25) is 4.55 Å². The summed E-state index contributed by atoms with van der Waals surface area (Å²) in [5.74, 6) is -6.55. The third-order valence-electron chi connectivity index (χ3n) is 5.61. The van der Waals surface area contributed by atoms with Crippen LogP contribution in [0.3, 0.4) is 0 Å². The van der Waals surface area contributed by atoms with Crippen LogP contribution >= 0.6 is 0 Å². The number of halogens is 4. The van der Waals surface area contributed by atoms with Gasteiger partial charge in [-0.25, -0.2) is 0 Å². The maximum atomic E-state index is 14.0. The minimum atomic E-state index is -6.12. The maximum Gasteiger partial charge on any atom is 0.431 e. The van der Waals surface area contributed by atoms with Crippen molar-refractivity contribution in [3.05, 3.63) is 0 Å². The summed E-state index contributed by atoms with van der Waals surface area (Å²) in [6.45, 7) is 0. The summed E-state index contributed by atoms with van der Waals surface area (Å²) < 4.78 is 84.6. The van der Waals surface area contributed by atoms with Gasteiger partial charge < -0.3 is 0 Å². The molecule has 0 aromatic carbocycles. The van der Waals surface area contributed by atoms with E-state index in [1.54, 1.807) is 0 Å². The molecule has 3 nitrogen and oxygen atoms in total. The molecule has 3 fully saturated rings. The normalized spacial score (nSPS) is 41.1. The van der Waals surface area contributed by atoms with Crippen LogP contribution in [0, 0.1) is 29.6 Å². The fraction of sp³-hybridized carbons (Fsp3) is 1.00. The zero-order chi connectivity index (χ0) is 14.9. The topological polar surface area (TPSA) is 54.4 Å². The number of rotatable bonds is 3. The minimum absolute atomic E-state index is 0.000530. The van der Waals surface area contributed by atoms with Gasteiger partial charge in [0.1, 0.15) is 0 Å². The van der Waals surface area contributed by atoms with E-state index in [-0.39, 0.29) is 18.3 Å². The molecule has 0 aromatic heterocycles. The highest BCUT2D eigenvalue weighted by Crippen LogP contribution is 2.65. The Balaban J connectivity index is 1.91. The van der Waals surface area contributed by atoms with Crippen LogP contribution in [0.1, 0.15) is 32.1 Å². The molecule has 3 saturated carbocycles. The molecule has 116 valence electrons. The smallest absolute Gasteiger partial charge is 0.281 e. The molecule has 3 aliphatic rings. The minimum Gasteiger partial charge on any atom is -0.281 e.